The molecule has 0 saturated heterocycles. The van der Waals surface area contributed by atoms with E-state index in [1.54, 1.807) is 25.1 Å². The molecule has 1 N–H and O–H groups in total. The van der Waals surface area contributed by atoms with Crippen LogP contribution in [0.2, 0.25) is 10.0 Å². The summed E-state index contributed by atoms with van der Waals surface area (Å²) in [6.45, 7) is 5.13. The van der Waals surface area contributed by atoms with Gasteiger partial charge in [0, 0.05) is 25.6 Å². The standard InChI is InChI=1S/C26H32Cl2F3N3O4S/c1-5-17(2)32-25(36)18(3)33(16-19-11-12-22(27)23(28)14-19)24(35)10-7-13-34(39(4,37)38)21-9-6-8-20(15-21)26(29,30)31/h6,8-9,11-12,14-15,17-18H,5,7,10,13,16H2,1-4H3,(H,32,36)/t17-,18-/m0/s1. The number of carbonyl (C=O) groups excluding carboxylic acids is 2. The molecule has 0 aliphatic heterocycles. The lowest BCUT2D eigenvalue weighted by Gasteiger charge is -2.30. The fourth-order valence-corrected chi connectivity index (χ4v) is 5.00. The number of benzene rings is 2. The molecular weight excluding hydrogens is 578 g/mol. The van der Waals surface area contributed by atoms with Crippen molar-refractivity contribution in [2.75, 3.05) is 17.1 Å². The highest BCUT2D eigenvalue weighted by Gasteiger charge is 2.32. The minimum absolute atomic E-state index is 0.000273. The van der Waals surface area contributed by atoms with E-state index >= 15 is 0 Å². The first kappa shape index (κ1) is 32.7. The molecule has 2 amide bonds. The van der Waals surface area contributed by atoms with E-state index in [0.717, 1.165) is 28.8 Å². The van der Waals surface area contributed by atoms with Crippen LogP contribution in [0.25, 0.3) is 0 Å². The highest BCUT2D eigenvalue weighted by molar-refractivity contribution is 7.92. The predicted octanol–water partition coefficient (Wildman–Crippen LogP) is 5.89. The van der Waals surface area contributed by atoms with Crippen molar-refractivity contribution in [1.29, 1.82) is 0 Å². The molecule has 0 spiro atoms. The van der Waals surface area contributed by atoms with E-state index in [2.05, 4.69) is 5.32 Å². The van der Waals surface area contributed by atoms with Crippen molar-refractivity contribution in [1.82, 2.24) is 10.2 Å². The van der Waals surface area contributed by atoms with Crippen LogP contribution in [0.15, 0.2) is 42.5 Å². The molecule has 0 radical (unpaired) electrons. The van der Waals surface area contributed by atoms with Crippen molar-refractivity contribution in [2.24, 2.45) is 0 Å². The molecule has 0 aliphatic carbocycles. The number of rotatable bonds is 12. The Morgan fingerprint density at radius 3 is 2.28 bits per heavy atom. The van der Waals surface area contributed by atoms with Gasteiger partial charge in [-0.05, 0) is 62.6 Å². The van der Waals surface area contributed by atoms with Gasteiger partial charge >= 0.3 is 6.18 Å². The van der Waals surface area contributed by atoms with Gasteiger partial charge in [-0.15, -0.1) is 0 Å². The first-order valence-electron chi connectivity index (χ1n) is 12.2. The summed E-state index contributed by atoms with van der Waals surface area (Å²) < 4.78 is 65.2. The molecule has 0 heterocycles. The lowest BCUT2D eigenvalue weighted by Crippen LogP contribution is -2.49. The summed E-state index contributed by atoms with van der Waals surface area (Å²) in [5, 5.41) is 3.46. The average Bonchev–Trinajstić information content (AvgIpc) is 2.85. The number of sulfonamides is 1. The van der Waals surface area contributed by atoms with Crippen molar-refractivity contribution in [3.8, 4) is 0 Å². The van der Waals surface area contributed by atoms with Crippen molar-refractivity contribution >= 4 is 50.7 Å². The van der Waals surface area contributed by atoms with Crippen molar-refractivity contribution in [3.63, 3.8) is 0 Å². The van der Waals surface area contributed by atoms with Gasteiger partial charge in [-0.3, -0.25) is 13.9 Å². The Morgan fingerprint density at radius 2 is 1.72 bits per heavy atom. The average molecular weight is 611 g/mol. The molecule has 0 unspecified atom stereocenters. The van der Waals surface area contributed by atoms with Gasteiger partial charge in [0.15, 0.2) is 0 Å². The van der Waals surface area contributed by atoms with Crippen LogP contribution in [0, 0.1) is 0 Å². The number of hydrogen-bond donors (Lipinski definition) is 1. The predicted molar refractivity (Wildman–Crippen MR) is 147 cm³/mol. The first-order valence-corrected chi connectivity index (χ1v) is 14.8. The van der Waals surface area contributed by atoms with Crippen molar-refractivity contribution in [2.45, 2.75) is 64.8 Å². The van der Waals surface area contributed by atoms with Crippen LogP contribution in [0.3, 0.4) is 0 Å². The van der Waals surface area contributed by atoms with Crippen LogP contribution in [-0.4, -0.2) is 50.0 Å². The van der Waals surface area contributed by atoms with E-state index in [9.17, 15) is 31.2 Å². The van der Waals surface area contributed by atoms with Gasteiger partial charge in [-0.1, -0.05) is 42.3 Å². The molecule has 0 fully saturated rings. The second-order valence-electron chi connectivity index (χ2n) is 9.25. The normalized spacial score (nSPS) is 13.5. The second kappa shape index (κ2) is 13.7. The maximum absolute atomic E-state index is 13.3. The number of anilines is 1. The molecule has 0 saturated carbocycles. The minimum atomic E-state index is -4.65. The summed E-state index contributed by atoms with van der Waals surface area (Å²) in [7, 11) is -3.95. The Hall–Kier alpha value is -2.50. The molecule has 2 atom stereocenters. The summed E-state index contributed by atoms with van der Waals surface area (Å²) in [6, 6.07) is 7.84. The summed E-state index contributed by atoms with van der Waals surface area (Å²) in [6.07, 6.45) is -3.23. The zero-order valence-corrected chi connectivity index (χ0v) is 24.4. The summed E-state index contributed by atoms with van der Waals surface area (Å²) in [4.78, 5) is 27.5. The topological polar surface area (TPSA) is 86.8 Å². The Balaban J connectivity index is 2.25. The third-order valence-corrected chi connectivity index (χ3v) is 8.05. The van der Waals surface area contributed by atoms with Gasteiger partial charge in [0.2, 0.25) is 21.8 Å². The maximum atomic E-state index is 13.3. The van der Waals surface area contributed by atoms with E-state index in [1.165, 1.54) is 11.0 Å². The van der Waals surface area contributed by atoms with Crippen molar-refractivity contribution < 1.29 is 31.2 Å². The molecule has 2 aromatic carbocycles. The smallest absolute Gasteiger partial charge is 0.352 e. The third kappa shape index (κ3) is 9.58. The number of halogens is 5. The first-order chi connectivity index (χ1) is 18.0. The SMILES string of the molecule is CC[C@H](C)NC(=O)[C@H](C)N(Cc1ccc(Cl)c(Cl)c1)C(=O)CCCN(c1cccc(C(F)(F)F)c1)S(C)(=O)=O. The Bertz CT molecular complexity index is 1280. The van der Waals surface area contributed by atoms with Gasteiger partial charge in [-0.25, -0.2) is 8.42 Å². The molecule has 2 rings (SSSR count). The van der Waals surface area contributed by atoms with E-state index in [4.69, 9.17) is 23.2 Å². The van der Waals surface area contributed by atoms with Crippen molar-refractivity contribution in [3.05, 3.63) is 63.6 Å². The van der Waals surface area contributed by atoms with Gasteiger partial charge in [0.25, 0.3) is 0 Å². The zero-order chi connectivity index (χ0) is 29.5. The number of amides is 2. The van der Waals surface area contributed by atoms with Crippen LogP contribution >= 0.6 is 23.2 Å². The molecule has 0 aliphatic rings. The molecular formula is C26H32Cl2F3N3O4S. The fraction of sp³-hybridized carbons (Fsp3) is 0.462. The van der Waals surface area contributed by atoms with Crippen LogP contribution in [0.4, 0.5) is 18.9 Å². The Morgan fingerprint density at radius 1 is 1.05 bits per heavy atom. The number of hydrogen-bond acceptors (Lipinski definition) is 4. The summed E-state index contributed by atoms with van der Waals surface area (Å²) >= 11 is 12.1. The molecule has 0 aromatic heterocycles. The molecule has 7 nitrogen and oxygen atoms in total. The van der Waals surface area contributed by atoms with Gasteiger partial charge in [-0.2, -0.15) is 13.2 Å². The number of carbonyl (C=O) groups is 2. The largest absolute Gasteiger partial charge is 0.416 e. The monoisotopic (exact) mass is 609 g/mol. The Kier molecular flexibility index (Phi) is 11.5. The third-order valence-electron chi connectivity index (χ3n) is 6.12. The minimum Gasteiger partial charge on any atom is -0.352 e. The van der Waals surface area contributed by atoms with E-state index < -0.39 is 33.7 Å². The summed E-state index contributed by atoms with van der Waals surface area (Å²) in [5.41, 5.74) is -0.518. The van der Waals surface area contributed by atoms with Crippen LogP contribution in [0.5, 0.6) is 0 Å². The van der Waals surface area contributed by atoms with Gasteiger partial charge in [0.05, 0.1) is 27.6 Å². The van der Waals surface area contributed by atoms with Crippen LogP contribution < -0.4 is 9.62 Å². The molecule has 2 aromatic rings. The maximum Gasteiger partial charge on any atom is 0.416 e. The molecule has 13 heteroatoms. The van der Waals surface area contributed by atoms with Gasteiger partial charge < -0.3 is 10.2 Å². The Labute approximate surface area is 237 Å². The van der Waals surface area contributed by atoms with E-state index in [-0.39, 0.29) is 48.6 Å². The molecule has 0 bridgehead atoms. The fourth-order valence-electron chi connectivity index (χ4n) is 3.72. The van der Waals surface area contributed by atoms with Crippen LogP contribution in [0.1, 0.15) is 51.2 Å². The highest BCUT2D eigenvalue weighted by Crippen LogP contribution is 2.32. The lowest BCUT2D eigenvalue weighted by molar-refractivity contribution is -0.140. The van der Waals surface area contributed by atoms with E-state index in [1.807, 2.05) is 13.8 Å². The van der Waals surface area contributed by atoms with Crippen LogP contribution in [-0.2, 0) is 32.3 Å². The van der Waals surface area contributed by atoms with E-state index in [0.29, 0.717) is 17.0 Å². The highest BCUT2D eigenvalue weighted by atomic mass is 35.5. The number of nitrogens with zero attached hydrogens (tertiary/aromatic N) is 2. The molecule has 39 heavy (non-hydrogen) atoms. The lowest BCUT2D eigenvalue weighted by atomic mass is 10.1. The number of nitrogens with one attached hydrogen (secondary N) is 1. The quantitative estimate of drug-likeness (QED) is 0.325. The number of alkyl halides is 3. The second-order valence-corrected chi connectivity index (χ2v) is 12.0. The molecule has 216 valence electrons. The zero-order valence-electron chi connectivity index (χ0n) is 22.1. The summed E-state index contributed by atoms with van der Waals surface area (Å²) in [5.74, 6) is -0.801. The van der Waals surface area contributed by atoms with Gasteiger partial charge in [0.1, 0.15) is 6.04 Å².